The molecule has 1 unspecified atom stereocenters. The van der Waals surface area contributed by atoms with Crippen LogP contribution in [0.4, 0.5) is 5.13 Å². The number of aliphatic hydroxyl groups excluding tert-OH is 1. The molecule has 4 rings (SSSR count). The van der Waals surface area contributed by atoms with E-state index in [-0.39, 0.29) is 21.3 Å². The Bertz CT molecular complexity index is 1440. The van der Waals surface area contributed by atoms with Gasteiger partial charge in [0.2, 0.25) is 0 Å². The van der Waals surface area contributed by atoms with Gasteiger partial charge in [0.05, 0.1) is 24.4 Å². The highest BCUT2D eigenvalue weighted by Crippen LogP contribution is 2.44. The number of ketones is 1. The second-order valence-corrected chi connectivity index (χ2v) is 9.54. The van der Waals surface area contributed by atoms with Gasteiger partial charge in [-0.3, -0.25) is 14.5 Å². The maximum Gasteiger partial charge on any atom is 0.350 e. The average Bonchev–Trinajstić information content (AvgIpc) is 3.39. The molecule has 190 valence electrons. The molecule has 0 bridgehead atoms. The van der Waals surface area contributed by atoms with Crippen molar-refractivity contribution in [2.24, 2.45) is 0 Å². The van der Waals surface area contributed by atoms with Crippen molar-refractivity contribution in [3.05, 3.63) is 93.5 Å². The molecule has 0 saturated carbocycles. The largest absolute Gasteiger partial charge is 0.507 e. The Morgan fingerprint density at radius 1 is 1.16 bits per heavy atom. The summed E-state index contributed by atoms with van der Waals surface area (Å²) in [5.41, 5.74) is 2.97. The quantitative estimate of drug-likeness (QED) is 0.153. The molecule has 9 heteroatoms. The first-order valence-electron chi connectivity index (χ1n) is 11.5. The molecule has 0 spiro atoms. The predicted octanol–water partition coefficient (Wildman–Crippen LogP) is 5.05. The normalized spacial score (nSPS) is 16.6. The highest BCUT2D eigenvalue weighted by Gasteiger charge is 2.48. The lowest BCUT2D eigenvalue weighted by atomic mass is 9.93. The lowest BCUT2D eigenvalue weighted by molar-refractivity contribution is -0.132. The number of rotatable bonds is 7. The van der Waals surface area contributed by atoms with Gasteiger partial charge >= 0.3 is 11.9 Å². The number of ether oxygens (including phenoxy) is 2. The molecule has 1 atom stereocenters. The van der Waals surface area contributed by atoms with Gasteiger partial charge in [0.1, 0.15) is 23.0 Å². The van der Waals surface area contributed by atoms with Gasteiger partial charge in [0.15, 0.2) is 5.13 Å². The van der Waals surface area contributed by atoms with E-state index in [2.05, 4.69) is 11.6 Å². The van der Waals surface area contributed by atoms with Crippen molar-refractivity contribution < 1.29 is 29.0 Å². The summed E-state index contributed by atoms with van der Waals surface area (Å²) in [4.78, 5) is 44.8. The molecule has 2 aromatic carbocycles. The third-order valence-electron chi connectivity index (χ3n) is 6.02. The van der Waals surface area contributed by atoms with Crippen LogP contribution in [0.1, 0.15) is 43.7 Å². The van der Waals surface area contributed by atoms with Crippen LogP contribution >= 0.6 is 11.3 Å². The summed E-state index contributed by atoms with van der Waals surface area (Å²) in [6.07, 6.45) is 1.62. The van der Waals surface area contributed by atoms with Crippen LogP contribution in [0.25, 0.3) is 5.76 Å². The Hall–Kier alpha value is -4.24. The van der Waals surface area contributed by atoms with Crippen molar-refractivity contribution in [2.75, 3.05) is 18.6 Å². The summed E-state index contributed by atoms with van der Waals surface area (Å²) in [6.45, 7) is 9.28. The molecule has 1 fully saturated rings. The minimum absolute atomic E-state index is 0.0656. The zero-order valence-electron chi connectivity index (χ0n) is 20.9. The summed E-state index contributed by atoms with van der Waals surface area (Å²) >= 11 is 0.957. The maximum atomic E-state index is 13.4. The van der Waals surface area contributed by atoms with Crippen molar-refractivity contribution in [2.45, 2.75) is 26.8 Å². The first-order chi connectivity index (χ1) is 17.7. The fourth-order valence-electron chi connectivity index (χ4n) is 4.15. The minimum Gasteiger partial charge on any atom is -0.507 e. The smallest absolute Gasteiger partial charge is 0.350 e. The predicted molar refractivity (Wildman–Crippen MR) is 141 cm³/mol. The van der Waals surface area contributed by atoms with Crippen LogP contribution in [0.5, 0.6) is 5.75 Å². The summed E-state index contributed by atoms with van der Waals surface area (Å²) in [6, 6.07) is 11.4. The molecule has 0 radical (unpaired) electrons. The molecule has 1 amide bonds. The van der Waals surface area contributed by atoms with E-state index < -0.39 is 23.7 Å². The van der Waals surface area contributed by atoms with E-state index >= 15 is 0 Å². The number of esters is 1. The van der Waals surface area contributed by atoms with Crippen LogP contribution in [-0.4, -0.2) is 41.5 Å². The number of methoxy groups -OCH3 is 1. The van der Waals surface area contributed by atoms with E-state index in [1.54, 1.807) is 50.3 Å². The number of Topliss-reactive ketones (excluding diaryl/α,β-unsaturated/α-hetero) is 1. The lowest BCUT2D eigenvalue weighted by Gasteiger charge is -2.23. The molecular weight excluding hydrogens is 492 g/mol. The molecule has 1 aliphatic rings. The number of carbonyl (C=O) groups excluding carboxylic acids is 3. The molecule has 3 aromatic rings. The molecule has 8 nitrogen and oxygen atoms in total. The van der Waals surface area contributed by atoms with Crippen molar-refractivity contribution in [1.82, 2.24) is 4.98 Å². The van der Waals surface area contributed by atoms with Crippen molar-refractivity contribution in [1.29, 1.82) is 0 Å². The van der Waals surface area contributed by atoms with Gasteiger partial charge in [-0.15, -0.1) is 0 Å². The average molecular weight is 519 g/mol. The van der Waals surface area contributed by atoms with Crippen LogP contribution in [0.3, 0.4) is 0 Å². The summed E-state index contributed by atoms with van der Waals surface area (Å²) < 4.78 is 10.4. The van der Waals surface area contributed by atoms with E-state index in [1.165, 1.54) is 12.0 Å². The molecule has 1 saturated heterocycles. The number of hydrogen-bond acceptors (Lipinski definition) is 8. The van der Waals surface area contributed by atoms with Crippen molar-refractivity contribution in [3.63, 3.8) is 0 Å². The van der Waals surface area contributed by atoms with Crippen LogP contribution in [0, 0.1) is 20.8 Å². The molecule has 2 heterocycles. The zero-order chi connectivity index (χ0) is 26.9. The standard InChI is InChI=1S/C28H26N2O6S/c1-6-13-36-19-11-12-20(16(3)14-19)23(31)21-22(18-9-7-15(2)8-10-18)30(26(33)24(21)32)28-29-17(4)25(37-28)27(34)35-5/h6-12,14,22,31H,1,13H2,2-5H3. The zero-order valence-corrected chi connectivity index (χ0v) is 21.7. The summed E-state index contributed by atoms with van der Waals surface area (Å²) in [5.74, 6) is -2.00. The number of amides is 1. The molecule has 1 N–H and O–H groups in total. The summed E-state index contributed by atoms with van der Waals surface area (Å²) in [7, 11) is 1.26. The fourth-order valence-corrected chi connectivity index (χ4v) is 5.16. The lowest BCUT2D eigenvalue weighted by Crippen LogP contribution is -2.29. The first kappa shape index (κ1) is 25.8. The Kier molecular flexibility index (Phi) is 7.26. The van der Waals surface area contributed by atoms with Crippen LogP contribution in [0.15, 0.2) is 60.7 Å². The van der Waals surface area contributed by atoms with Gasteiger partial charge in [-0.05, 0) is 50.1 Å². The second kappa shape index (κ2) is 10.4. The first-order valence-corrected chi connectivity index (χ1v) is 12.3. The number of anilines is 1. The summed E-state index contributed by atoms with van der Waals surface area (Å²) in [5, 5.41) is 11.6. The third-order valence-corrected chi connectivity index (χ3v) is 7.16. The highest BCUT2D eigenvalue weighted by atomic mass is 32.1. The molecular formula is C28H26N2O6S. The van der Waals surface area contributed by atoms with Gasteiger partial charge < -0.3 is 14.6 Å². The van der Waals surface area contributed by atoms with E-state index in [0.717, 1.165) is 16.9 Å². The SMILES string of the molecule is C=CCOc1ccc(C(O)=C2C(=O)C(=O)N(c3nc(C)c(C(=O)OC)s3)C2c2ccc(C)cc2)c(C)c1. The number of carbonyl (C=O) groups is 3. The van der Waals surface area contributed by atoms with Gasteiger partial charge in [-0.1, -0.05) is 53.8 Å². The Labute approximate surface area is 218 Å². The highest BCUT2D eigenvalue weighted by molar-refractivity contribution is 7.17. The second-order valence-electron chi connectivity index (χ2n) is 8.56. The monoisotopic (exact) mass is 518 g/mol. The molecule has 1 aromatic heterocycles. The number of thiazole rings is 1. The van der Waals surface area contributed by atoms with Crippen LogP contribution in [0.2, 0.25) is 0 Å². The van der Waals surface area contributed by atoms with E-state index in [9.17, 15) is 19.5 Å². The Balaban J connectivity index is 1.89. The van der Waals surface area contributed by atoms with Gasteiger partial charge in [-0.25, -0.2) is 9.78 Å². The molecule has 0 aliphatic carbocycles. The van der Waals surface area contributed by atoms with Crippen LogP contribution < -0.4 is 9.64 Å². The van der Waals surface area contributed by atoms with Gasteiger partial charge in [-0.2, -0.15) is 0 Å². The van der Waals surface area contributed by atoms with Crippen molar-refractivity contribution >= 4 is 39.9 Å². The number of aryl methyl sites for hydroxylation is 3. The molecule has 37 heavy (non-hydrogen) atoms. The van der Waals surface area contributed by atoms with E-state index in [0.29, 0.717) is 34.7 Å². The van der Waals surface area contributed by atoms with Crippen molar-refractivity contribution in [3.8, 4) is 5.75 Å². The van der Waals surface area contributed by atoms with Crippen LogP contribution in [-0.2, 0) is 14.3 Å². The Morgan fingerprint density at radius 2 is 1.86 bits per heavy atom. The third kappa shape index (κ3) is 4.77. The minimum atomic E-state index is -0.951. The van der Waals surface area contributed by atoms with Gasteiger partial charge in [0, 0.05) is 5.56 Å². The Morgan fingerprint density at radius 3 is 2.49 bits per heavy atom. The van der Waals surface area contributed by atoms with E-state index in [1.807, 2.05) is 19.1 Å². The van der Waals surface area contributed by atoms with E-state index in [4.69, 9.17) is 9.47 Å². The van der Waals surface area contributed by atoms with Gasteiger partial charge in [0.25, 0.3) is 5.78 Å². The number of hydrogen-bond donors (Lipinski definition) is 1. The maximum absolute atomic E-state index is 13.4. The number of nitrogens with zero attached hydrogens (tertiary/aromatic N) is 2. The molecule has 1 aliphatic heterocycles. The number of aromatic nitrogens is 1. The number of benzene rings is 2. The fraction of sp³-hybridized carbons (Fsp3) is 0.214. The number of aliphatic hydroxyl groups is 1. The topological polar surface area (TPSA) is 106 Å².